The minimum Gasteiger partial charge on any atom is -0.493 e. The number of anilines is 2. The van der Waals surface area contributed by atoms with Gasteiger partial charge in [-0.25, -0.2) is 0 Å². The smallest absolute Gasteiger partial charge is 0.227 e. The second-order valence-corrected chi connectivity index (χ2v) is 4.77. The van der Waals surface area contributed by atoms with Crippen molar-refractivity contribution in [3.8, 4) is 5.75 Å². The standard InChI is InChI=1S/C17H20N2O2/c1-2-13-5-3-7-15(11-13)19-17(20)9-10-21-16-8-4-6-14(18)12-16/h3-8,11-12H,2,9-10,18H2,1H3,(H,19,20). The van der Waals surface area contributed by atoms with Crippen LogP contribution in [-0.2, 0) is 11.2 Å². The number of nitrogens with one attached hydrogen (secondary N) is 1. The molecule has 0 aliphatic carbocycles. The molecule has 2 aromatic carbocycles. The molecule has 0 aliphatic rings. The van der Waals surface area contributed by atoms with Crippen LogP contribution < -0.4 is 15.8 Å². The Morgan fingerprint density at radius 3 is 2.76 bits per heavy atom. The van der Waals surface area contributed by atoms with E-state index in [2.05, 4.69) is 12.2 Å². The van der Waals surface area contributed by atoms with E-state index in [9.17, 15) is 4.79 Å². The Bertz CT molecular complexity index is 611. The van der Waals surface area contributed by atoms with Crippen molar-refractivity contribution in [1.82, 2.24) is 0 Å². The molecule has 3 N–H and O–H groups in total. The monoisotopic (exact) mass is 284 g/mol. The highest BCUT2D eigenvalue weighted by Gasteiger charge is 2.03. The van der Waals surface area contributed by atoms with Crippen molar-refractivity contribution >= 4 is 17.3 Å². The van der Waals surface area contributed by atoms with E-state index >= 15 is 0 Å². The largest absolute Gasteiger partial charge is 0.493 e. The first-order chi connectivity index (χ1) is 10.2. The van der Waals surface area contributed by atoms with Crippen LogP contribution in [0.15, 0.2) is 48.5 Å². The number of carbonyl (C=O) groups excluding carboxylic acids is 1. The number of hydrogen-bond donors (Lipinski definition) is 2. The van der Waals surface area contributed by atoms with Crippen LogP contribution in [0.1, 0.15) is 18.9 Å². The Hall–Kier alpha value is -2.49. The Balaban J connectivity index is 1.79. The zero-order valence-corrected chi connectivity index (χ0v) is 12.1. The van der Waals surface area contributed by atoms with E-state index in [1.54, 1.807) is 12.1 Å². The second kappa shape index (κ2) is 7.33. The molecule has 110 valence electrons. The predicted molar refractivity (Wildman–Crippen MR) is 85.4 cm³/mol. The highest BCUT2D eigenvalue weighted by atomic mass is 16.5. The number of rotatable bonds is 6. The van der Waals surface area contributed by atoms with Gasteiger partial charge in [0.2, 0.25) is 5.91 Å². The molecule has 2 aromatic rings. The topological polar surface area (TPSA) is 64.3 Å². The molecule has 1 amide bonds. The molecule has 0 spiro atoms. The van der Waals surface area contributed by atoms with Crippen molar-refractivity contribution in [3.63, 3.8) is 0 Å². The van der Waals surface area contributed by atoms with Gasteiger partial charge in [0.1, 0.15) is 5.75 Å². The summed E-state index contributed by atoms with van der Waals surface area (Å²) in [6, 6.07) is 15.0. The molecule has 21 heavy (non-hydrogen) atoms. The molecular formula is C17H20N2O2. The van der Waals surface area contributed by atoms with E-state index in [1.807, 2.05) is 36.4 Å². The number of benzene rings is 2. The van der Waals surface area contributed by atoms with Gasteiger partial charge in [0, 0.05) is 17.4 Å². The van der Waals surface area contributed by atoms with Crippen LogP contribution in [0, 0.1) is 0 Å². The summed E-state index contributed by atoms with van der Waals surface area (Å²) in [6.45, 7) is 2.41. The molecule has 0 radical (unpaired) electrons. The SMILES string of the molecule is CCc1cccc(NC(=O)CCOc2cccc(N)c2)c1. The molecule has 0 saturated heterocycles. The van der Waals surface area contributed by atoms with Gasteiger partial charge in [-0.05, 0) is 36.2 Å². The van der Waals surface area contributed by atoms with Crippen molar-refractivity contribution in [1.29, 1.82) is 0 Å². The number of carbonyl (C=O) groups is 1. The van der Waals surface area contributed by atoms with Gasteiger partial charge in [-0.2, -0.15) is 0 Å². The molecule has 0 heterocycles. The highest BCUT2D eigenvalue weighted by molar-refractivity contribution is 5.90. The zero-order valence-electron chi connectivity index (χ0n) is 12.1. The van der Waals surface area contributed by atoms with Gasteiger partial charge >= 0.3 is 0 Å². The third-order valence-electron chi connectivity index (χ3n) is 3.07. The first kappa shape index (κ1) is 14.9. The molecule has 0 unspecified atom stereocenters. The Morgan fingerprint density at radius 1 is 1.19 bits per heavy atom. The molecule has 0 fully saturated rings. The number of nitrogens with two attached hydrogens (primary N) is 1. The van der Waals surface area contributed by atoms with E-state index in [4.69, 9.17) is 10.5 Å². The minimum absolute atomic E-state index is 0.0628. The number of amides is 1. The molecule has 4 heteroatoms. The maximum atomic E-state index is 11.9. The number of hydrogen-bond acceptors (Lipinski definition) is 3. The Kier molecular flexibility index (Phi) is 5.21. The van der Waals surface area contributed by atoms with E-state index in [-0.39, 0.29) is 5.91 Å². The van der Waals surface area contributed by atoms with Crippen molar-refractivity contribution in [3.05, 3.63) is 54.1 Å². The van der Waals surface area contributed by atoms with Crippen molar-refractivity contribution < 1.29 is 9.53 Å². The molecule has 0 aromatic heterocycles. The number of aryl methyl sites for hydroxylation is 1. The first-order valence-corrected chi connectivity index (χ1v) is 7.04. The predicted octanol–water partition coefficient (Wildman–Crippen LogP) is 3.24. The van der Waals surface area contributed by atoms with Gasteiger partial charge in [0.15, 0.2) is 0 Å². The lowest BCUT2D eigenvalue weighted by Crippen LogP contribution is -2.15. The van der Waals surface area contributed by atoms with Gasteiger partial charge in [-0.15, -0.1) is 0 Å². The summed E-state index contributed by atoms with van der Waals surface area (Å²) >= 11 is 0. The van der Waals surface area contributed by atoms with Gasteiger partial charge in [-0.3, -0.25) is 4.79 Å². The third-order valence-corrected chi connectivity index (χ3v) is 3.07. The van der Waals surface area contributed by atoms with Crippen molar-refractivity contribution in [2.24, 2.45) is 0 Å². The van der Waals surface area contributed by atoms with E-state index in [0.29, 0.717) is 24.5 Å². The molecule has 0 saturated carbocycles. The third kappa shape index (κ3) is 4.84. The molecule has 0 bridgehead atoms. The van der Waals surface area contributed by atoms with E-state index in [0.717, 1.165) is 12.1 Å². The summed E-state index contributed by atoms with van der Waals surface area (Å²) in [7, 11) is 0. The normalized spacial score (nSPS) is 10.1. The Morgan fingerprint density at radius 2 is 2.00 bits per heavy atom. The summed E-state index contributed by atoms with van der Waals surface area (Å²) in [4.78, 5) is 11.9. The molecular weight excluding hydrogens is 264 g/mol. The lowest BCUT2D eigenvalue weighted by Gasteiger charge is -2.08. The van der Waals surface area contributed by atoms with Crippen LogP contribution in [0.5, 0.6) is 5.75 Å². The average Bonchev–Trinajstić information content (AvgIpc) is 2.47. The summed E-state index contributed by atoms with van der Waals surface area (Å²) in [6.07, 6.45) is 1.24. The molecule has 0 aliphatic heterocycles. The maximum Gasteiger partial charge on any atom is 0.227 e. The average molecular weight is 284 g/mol. The molecule has 4 nitrogen and oxygen atoms in total. The second-order valence-electron chi connectivity index (χ2n) is 4.77. The lowest BCUT2D eigenvalue weighted by molar-refractivity contribution is -0.116. The van der Waals surface area contributed by atoms with Gasteiger partial charge in [0.05, 0.1) is 13.0 Å². The Labute approximate surface area is 124 Å². The first-order valence-electron chi connectivity index (χ1n) is 7.04. The minimum atomic E-state index is -0.0628. The van der Waals surface area contributed by atoms with Crippen LogP contribution in [0.3, 0.4) is 0 Å². The van der Waals surface area contributed by atoms with Gasteiger partial charge in [0.25, 0.3) is 0 Å². The lowest BCUT2D eigenvalue weighted by atomic mass is 10.1. The van der Waals surface area contributed by atoms with Crippen LogP contribution in [0.2, 0.25) is 0 Å². The fraction of sp³-hybridized carbons (Fsp3) is 0.235. The molecule has 2 rings (SSSR count). The number of nitrogen functional groups attached to an aromatic ring is 1. The van der Waals surface area contributed by atoms with Gasteiger partial charge < -0.3 is 15.8 Å². The van der Waals surface area contributed by atoms with E-state index < -0.39 is 0 Å². The maximum absolute atomic E-state index is 11.9. The number of ether oxygens (including phenoxy) is 1. The summed E-state index contributed by atoms with van der Waals surface area (Å²) in [5, 5.41) is 2.87. The van der Waals surface area contributed by atoms with Gasteiger partial charge in [-0.1, -0.05) is 25.1 Å². The van der Waals surface area contributed by atoms with Crippen LogP contribution in [0.4, 0.5) is 11.4 Å². The van der Waals surface area contributed by atoms with Crippen LogP contribution >= 0.6 is 0 Å². The zero-order chi connectivity index (χ0) is 15.1. The fourth-order valence-corrected chi connectivity index (χ4v) is 1.96. The summed E-state index contributed by atoms with van der Waals surface area (Å²) in [5.41, 5.74) is 8.33. The fourth-order valence-electron chi connectivity index (χ4n) is 1.96. The van der Waals surface area contributed by atoms with E-state index in [1.165, 1.54) is 5.56 Å². The van der Waals surface area contributed by atoms with Crippen molar-refractivity contribution in [2.75, 3.05) is 17.7 Å². The van der Waals surface area contributed by atoms with Crippen LogP contribution in [0.25, 0.3) is 0 Å². The van der Waals surface area contributed by atoms with Crippen molar-refractivity contribution in [2.45, 2.75) is 19.8 Å². The summed E-state index contributed by atoms with van der Waals surface area (Å²) in [5.74, 6) is 0.614. The quantitative estimate of drug-likeness (QED) is 0.800. The molecule has 0 atom stereocenters. The summed E-state index contributed by atoms with van der Waals surface area (Å²) < 4.78 is 5.50. The van der Waals surface area contributed by atoms with Crippen LogP contribution in [-0.4, -0.2) is 12.5 Å². The highest BCUT2D eigenvalue weighted by Crippen LogP contribution is 2.15.